The first-order valence-electron chi connectivity index (χ1n) is 5.02. The summed E-state index contributed by atoms with van der Waals surface area (Å²) in [5, 5.41) is 9.05. The molecule has 0 aliphatic rings. The van der Waals surface area contributed by atoms with E-state index in [2.05, 4.69) is 9.97 Å². The first kappa shape index (κ1) is 13.0. The molecule has 0 radical (unpaired) electrons. The molecule has 3 nitrogen and oxygen atoms in total. The van der Waals surface area contributed by atoms with Crippen molar-refractivity contribution in [3.05, 3.63) is 45.7 Å². The van der Waals surface area contributed by atoms with Gasteiger partial charge in [-0.1, -0.05) is 6.07 Å². The molecule has 1 atom stereocenters. The molecule has 7 heteroatoms. The molecule has 0 aromatic carbocycles. The van der Waals surface area contributed by atoms with E-state index in [0.717, 1.165) is 6.20 Å². The van der Waals surface area contributed by atoms with Gasteiger partial charge < -0.3 is 5.11 Å². The lowest BCUT2D eigenvalue weighted by Gasteiger charge is -2.10. The van der Waals surface area contributed by atoms with Crippen LogP contribution in [0.25, 0.3) is 0 Å². The van der Waals surface area contributed by atoms with Crippen molar-refractivity contribution in [2.75, 3.05) is 0 Å². The normalized spacial score (nSPS) is 13.6. The zero-order chi connectivity index (χ0) is 13.3. The van der Waals surface area contributed by atoms with Gasteiger partial charge in [0, 0.05) is 23.7 Å². The maximum absolute atomic E-state index is 12.4. The summed E-state index contributed by atoms with van der Waals surface area (Å²) < 4.78 is 37.2. The smallest absolute Gasteiger partial charge is 0.383 e. The number of pyridine rings is 1. The molecule has 0 fully saturated rings. The number of aromatic nitrogens is 2. The second kappa shape index (κ2) is 4.66. The van der Waals surface area contributed by atoms with E-state index in [0.29, 0.717) is 22.6 Å². The van der Waals surface area contributed by atoms with Gasteiger partial charge in [-0.25, -0.2) is 4.98 Å². The standard InChI is InChI=1S/C11H9F3N2OS/c1-6-7(3-2-4-15-6)9(17)8-5-16-10(18-8)11(12,13)14/h2-5,9,17H,1H3. The number of halogens is 3. The van der Waals surface area contributed by atoms with E-state index in [-0.39, 0.29) is 4.88 Å². The van der Waals surface area contributed by atoms with Gasteiger partial charge in [0.15, 0.2) is 5.01 Å². The first-order chi connectivity index (χ1) is 8.39. The lowest BCUT2D eigenvalue weighted by atomic mass is 10.1. The van der Waals surface area contributed by atoms with Gasteiger partial charge in [0.05, 0.1) is 4.88 Å². The van der Waals surface area contributed by atoms with Crippen molar-refractivity contribution < 1.29 is 18.3 Å². The van der Waals surface area contributed by atoms with Crippen LogP contribution >= 0.6 is 11.3 Å². The fourth-order valence-corrected chi connectivity index (χ4v) is 2.27. The molecule has 2 aromatic rings. The Hall–Kier alpha value is -1.47. The second-order valence-corrected chi connectivity index (χ2v) is 4.71. The molecule has 2 heterocycles. The number of alkyl halides is 3. The largest absolute Gasteiger partial charge is 0.443 e. The quantitative estimate of drug-likeness (QED) is 0.915. The number of aliphatic hydroxyl groups excluding tert-OH is 1. The minimum atomic E-state index is -4.48. The number of aryl methyl sites for hydroxylation is 1. The summed E-state index contributed by atoms with van der Waals surface area (Å²) in [6, 6.07) is 3.25. The highest BCUT2D eigenvalue weighted by Gasteiger charge is 2.35. The van der Waals surface area contributed by atoms with Gasteiger partial charge >= 0.3 is 6.18 Å². The minimum Gasteiger partial charge on any atom is -0.383 e. The SMILES string of the molecule is Cc1ncccc1C(O)c1cnc(C(F)(F)F)s1. The zero-order valence-corrected chi connectivity index (χ0v) is 10.1. The Morgan fingerprint density at radius 2 is 2.06 bits per heavy atom. The van der Waals surface area contributed by atoms with Crippen LogP contribution in [0.15, 0.2) is 24.5 Å². The van der Waals surface area contributed by atoms with Crippen molar-refractivity contribution in [3.63, 3.8) is 0 Å². The molecule has 0 amide bonds. The monoisotopic (exact) mass is 274 g/mol. The van der Waals surface area contributed by atoms with Gasteiger partial charge in [-0.15, -0.1) is 11.3 Å². The van der Waals surface area contributed by atoms with Crippen molar-refractivity contribution in [2.24, 2.45) is 0 Å². The highest BCUT2D eigenvalue weighted by Crippen LogP contribution is 2.36. The van der Waals surface area contributed by atoms with Gasteiger partial charge in [0.1, 0.15) is 6.10 Å². The van der Waals surface area contributed by atoms with Crippen molar-refractivity contribution in [3.8, 4) is 0 Å². The zero-order valence-electron chi connectivity index (χ0n) is 9.27. The van der Waals surface area contributed by atoms with Crippen molar-refractivity contribution in [1.29, 1.82) is 0 Å². The van der Waals surface area contributed by atoms with Crippen LogP contribution in [0.1, 0.15) is 27.2 Å². The second-order valence-electron chi connectivity index (χ2n) is 3.65. The van der Waals surface area contributed by atoms with Crippen LogP contribution in [0.4, 0.5) is 13.2 Å². The number of hydrogen-bond donors (Lipinski definition) is 1. The molecule has 18 heavy (non-hydrogen) atoms. The van der Waals surface area contributed by atoms with Gasteiger partial charge in [0.2, 0.25) is 0 Å². The Morgan fingerprint density at radius 3 is 2.61 bits per heavy atom. The van der Waals surface area contributed by atoms with Gasteiger partial charge in [-0.3, -0.25) is 4.98 Å². The topological polar surface area (TPSA) is 46.0 Å². The maximum Gasteiger partial charge on any atom is 0.443 e. The van der Waals surface area contributed by atoms with Crippen LogP contribution < -0.4 is 0 Å². The summed E-state index contributed by atoms with van der Waals surface area (Å²) in [6.07, 6.45) is -3.01. The molecule has 2 aromatic heterocycles. The molecular weight excluding hydrogens is 265 g/mol. The van der Waals surface area contributed by atoms with Crippen molar-refractivity contribution in [2.45, 2.75) is 19.2 Å². The van der Waals surface area contributed by atoms with Crippen LogP contribution in [0.3, 0.4) is 0 Å². The average molecular weight is 274 g/mol. The molecule has 0 saturated heterocycles. The summed E-state index contributed by atoms with van der Waals surface area (Å²) in [6.45, 7) is 1.68. The average Bonchev–Trinajstić information content (AvgIpc) is 2.77. The summed E-state index contributed by atoms with van der Waals surface area (Å²) in [4.78, 5) is 7.41. The molecule has 0 aliphatic carbocycles. The van der Waals surface area contributed by atoms with E-state index in [1.165, 1.54) is 0 Å². The van der Waals surface area contributed by atoms with Crippen LogP contribution in [0, 0.1) is 6.92 Å². The van der Waals surface area contributed by atoms with Gasteiger partial charge in [0.25, 0.3) is 0 Å². The maximum atomic E-state index is 12.4. The van der Waals surface area contributed by atoms with Gasteiger partial charge in [-0.05, 0) is 13.0 Å². The van der Waals surface area contributed by atoms with Crippen molar-refractivity contribution >= 4 is 11.3 Å². The third-order valence-electron chi connectivity index (χ3n) is 2.38. The van der Waals surface area contributed by atoms with Crippen LogP contribution in [-0.2, 0) is 6.18 Å². The van der Waals surface area contributed by atoms with Crippen molar-refractivity contribution in [1.82, 2.24) is 9.97 Å². The third-order valence-corrected chi connectivity index (χ3v) is 3.47. The third kappa shape index (κ3) is 2.51. The molecule has 1 N–H and O–H groups in total. The van der Waals surface area contributed by atoms with E-state index >= 15 is 0 Å². The predicted octanol–water partition coefficient (Wildman–Crippen LogP) is 2.95. The summed E-state index contributed by atoms with van der Waals surface area (Å²) >= 11 is 0.438. The minimum absolute atomic E-state index is 0.151. The Bertz CT molecular complexity index is 553. The summed E-state index contributed by atoms with van der Waals surface area (Å²) in [5.74, 6) is 0. The van der Waals surface area contributed by atoms with E-state index < -0.39 is 17.3 Å². The summed E-state index contributed by atoms with van der Waals surface area (Å²) in [7, 11) is 0. The summed E-state index contributed by atoms with van der Waals surface area (Å²) in [5.41, 5.74) is 1.06. The number of rotatable bonds is 2. The molecule has 96 valence electrons. The van der Waals surface area contributed by atoms with Crippen LogP contribution in [0.2, 0.25) is 0 Å². The lowest BCUT2D eigenvalue weighted by molar-refractivity contribution is -0.137. The number of thiazole rings is 1. The van der Waals surface area contributed by atoms with Crippen LogP contribution in [0.5, 0.6) is 0 Å². The molecule has 0 aliphatic heterocycles. The molecular formula is C11H9F3N2OS. The Kier molecular flexibility index (Phi) is 3.36. The highest BCUT2D eigenvalue weighted by molar-refractivity contribution is 7.11. The predicted molar refractivity (Wildman–Crippen MR) is 60.2 cm³/mol. The number of nitrogens with zero attached hydrogens (tertiary/aromatic N) is 2. The fraction of sp³-hybridized carbons (Fsp3) is 0.273. The Balaban J connectivity index is 2.33. The highest BCUT2D eigenvalue weighted by atomic mass is 32.1. The first-order valence-corrected chi connectivity index (χ1v) is 5.83. The van der Waals surface area contributed by atoms with E-state index in [1.807, 2.05) is 0 Å². The molecule has 2 rings (SSSR count). The van der Waals surface area contributed by atoms with Gasteiger partial charge in [-0.2, -0.15) is 13.2 Å². The molecule has 0 saturated carbocycles. The molecule has 0 bridgehead atoms. The Morgan fingerprint density at radius 1 is 1.33 bits per heavy atom. The van der Waals surface area contributed by atoms with E-state index in [9.17, 15) is 18.3 Å². The van der Waals surface area contributed by atoms with E-state index in [1.54, 1.807) is 25.3 Å². The van der Waals surface area contributed by atoms with Crippen LogP contribution in [-0.4, -0.2) is 15.1 Å². The Labute approximate surface area is 105 Å². The fourth-order valence-electron chi connectivity index (χ4n) is 1.48. The number of hydrogen-bond acceptors (Lipinski definition) is 4. The lowest BCUT2D eigenvalue weighted by Crippen LogP contribution is -2.03. The molecule has 0 spiro atoms. The van der Waals surface area contributed by atoms with E-state index in [4.69, 9.17) is 0 Å². The number of aliphatic hydroxyl groups is 1. The molecule has 1 unspecified atom stereocenters.